The minimum atomic E-state index is -3.78. The summed E-state index contributed by atoms with van der Waals surface area (Å²) in [5.41, 5.74) is 5.98. The largest absolute Gasteiger partial charge is 0.384 e. The van der Waals surface area contributed by atoms with Crippen LogP contribution in [0.1, 0.15) is 12.0 Å². The molecular formula is C13H19FN2O3S. The molecule has 0 radical (unpaired) electrons. The lowest BCUT2D eigenvalue weighted by atomic mass is 10.1. The standard InChI is InChI=1S/C13H19FN2O3S/c1-19-9-11-4-5-16(8-11)20(17,18)13-3-2-10(7-15)6-12(13)14/h2-3,6,11H,4-5,7-9,15H2,1H3. The van der Waals surface area contributed by atoms with E-state index in [-0.39, 0.29) is 17.4 Å². The van der Waals surface area contributed by atoms with Gasteiger partial charge in [-0.25, -0.2) is 12.8 Å². The van der Waals surface area contributed by atoms with E-state index in [2.05, 4.69) is 0 Å². The van der Waals surface area contributed by atoms with E-state index in [1.54, 1.807) is 13.2 Å². The number of sulfonamides is 1. The van der Waals surface area contributed by atoms with E-state index in [1.165, 1.54) is 16.4 Å². The first-order valence-corrected chi connectivity index (χ1v) is 7.90. The first-order valence-electron chi connectivity index (χ1n) is 6.46. The average molecular weight is 302 g/mol. The minimum absolute atomic E-state index is 0.168. The predicted molar refractivity (Wildman–Crippen MR) is 73.0 cm³/mol. The van der Waals surface area contributed by atoms with Gasteiger partial charge in [-0.15, -0.1) is 0 Å². The summed E-state index contributed by atoms with van der Waals surface area (Å²) in [6.45, 7) is 1.46. The van der Waals surface area contributed by atoms with Gasteiger partial charge in [0.15, 0.2) is 0 Å². The molecular weight excluding hydrogens is 283 g/mol. The van der Waals surface area contributed by atoms with Gasteiger partial charge in [-0.1, -0.05) is 6.07 Å². The van der Waals surface area contributed by atoms with Crippen molar-refractivity contribution in [3.63, 3.8) is 0 Å². The lowest BCUT2D eigenvalue weighted by Gasteiger charge is -2.17. The lowest BCUT2D eigenvalue weighted by Crippen LogP contribution is -2.30. The summed E-state index contributed by atoms with van der Waals surface area (Å²) in [6.07, 6.45) is 0.732. The molecule has 7 heteroatoms. The molecule has 0 aromatic heterocycles. The van der Waals surface area contributed by atoms with Gasteiger partial charge in [-0.2, -0.15) is 4.31 Å². The smallest absolute Gasteiger partial charge is 0.245 e. The zero-order valence-corrected chi connectivity index (χ0v) is 12.2. The van der Waals surface area contributed by atoms with Crippen molar-refractivity contribution in [1.29, 1.82) is 0 Å². The highest BCUT2D eigenvalue weighted by Crippen LogP contribution is 2.26. The molecule has 1 atom stereocenters. The maximum absolute atomic E-state index is 13.9. The number of hydrogen-bond donors (Lipinski definition) is 1. The summed E-state index contributed by atoms with van der Waals surface area (Å²) in [4.78, 5) is -0.284. The van der Waals surface area contributed by atoms with Crippen molar-refractivity contribution < 1.29 is 17.5 Å². The molecule has 0 amide bonds. The molecule has 1 heterocycles. The zero-order valence-electron chi connectivity index (χ0n) is 11.4. The van der Waals surface area contributed by atoms with Gasteiger partial charge in [0.25, 0.3) is 0 Å². The number of rotatable bonds is 5. The van der Waals surface area contributed by atoms with Crippen LogP contribution >= 0.6 is 0 Å². The molecule has 112 valence electrons. The molecule has 2 N–H and O–H groups in total. The Kier molecular flexibility index (Phi) is 4.74. The molecule has 1 aliphatic rings. The number of hydrogen-bond acceptors (Lipinski definition) is 4. The van der Waals surface area contributed by atoms with E-state index >= 15 is 0 Å². The third-order valence-corrected chi connectivity index (χ3v) is 5.40. The monoisotopic (exact) mass is 302 g/mol. The molecule has 20 heavy (non-hydrogen) atoms. The van der Waals surface area contributed by atoms with Crippen molar-refractivity contribution in [2.45, 2.75) is 17.9 Å². The topological polar surface area (TPSA) is 72.6 Å². The summed E-state index contributed by atoms with van der Waals surface area (Å²) < 4.78 is 45.1. The van der Waals surface area contributed by atoms with Crippen LogP contribution in [-0.4, -0.2) is 39.5 Å². The first kappa shape index (κ1) is 15.4. The molecule has 1 aliphatic heterocycles. The molecule has 0 aliphatic carbocycles. The predicted octanol–water partition coefficient (Wildman–Crippen LogP) is 0.941. The Hall–Kier alpha value is -1.02. The Morgan fingerprint density at radius 3 is 2.85 bits per heavy atom. The summed E-state index contributed by atoms with van der Waals surface area (Å²) >= 11 is 0. The number of methoxy groups -OCH3 is 1. The van der Waals surface area contributed by atoms with Crippen molar-refractivity contribution >= 4 is 10.0 Å². The van der Waals surface area contributed by atoms with Crippen LogP contribution in [0.3, 0.4) is 0 Å². The Morgan fingerprint density at radius 1 is 1.50 bits per heavy atom. The Labute approximate surface area is 118 Å². The second kappa shape index (κ2) is 6.17. The summed E-state index contributed by atoms with van der Waals surface area (Å²) in [5, 5.41) is 0. The van der Waals surface area contributed by atoms with Crippen LogP contribution in [-0.2, 0) is 21.3 Å². The van der Waals surface area contributed by atoms with Crippen LogP contribution in [0.25, 0.3) is 0 Å². The van der Waals surface area contributed by atoms with Crippen LogP contribution in [0, 0.1) is 11.7 Å². The van der Waals surface area contributed by atoms with E-state index in [0.29, 0.717) is 25.3 Å². The van der Waals surface area contributed by atoms with Gasteiger partial charge in [0.05, 0.1) is 6.61 Å². The Bertz CT molecular complexity index is 577. The highest BCUT2D eigenvalue weighted by Gasteiger charge is 2.34. The third kappa shape index (κ3) is 3.01. The van der Waals surface area contributed by atoms with Gasteiger partial charge in [0, 0.05) is 26.7 Å². The highest BCUT2D eigenvalue weighted by molar-refractivity contribution is 7.89. The fourth-order valence-corrected chi connectivity index (χ4v) is 3.98. The molecule has 0 bridgehead atoms. The Morgan fingerprint density at radius 2 is 2.25 bits per heavy atom. The number of nitrogens with zero attached hydrogens (tertiary/aromatic N) is 1. The third-order valence-electron chi connectivity index (χ3n) is 3.50. The van der Waals surface area contributed by atoms with Crippen molar-refractivity contribution in [1.82, 2.24) is 4.31 Å². The van der Waals surface area contributed by atoms with E-state index < -0.39 is 15.8 Å². The van der Waals surface area contributed by atoms with Gasteiger partial charge in [0.1, 0.15) is 10.7 Å². The molecule has 1 fully saturated rings. The lowest BCUT2D eigenvalue weighted by molar-refractivity contribution is 0.157. The molecule has 2 rings (SSSR count). The van der Waals surface area contributed by atoms with E-state index in [0.717, 1.165) is 6.42 Å². The van der Waals surface area contributed by atoms with Gasteiger partial charge in [-0.3, -0.25) is 0 Å². The van der Waals surface area contributed by atoms with Crippen LogP contribution in [0.5, 0.6) is 0 Å². The molecule has 0 saturated carbocycles. The number of halogens is 1. The zero-order chi connectivity index (χ0) is 14.8. The molecule has 1 saturated heterocycles. The van der Waals surface area contributed by atoms with Gasteiger partial charge in [0.2, 0.25) is 10.0 Å². The second-order valence-corrected chi connectivity index (χ2v) is 6.85. The van der Waals surface area contributed by atoms with E-state index in [1.807, 2.05) is 0 Å². The number of ether oxygens (including phenoxy) is 1. The maximum Gasteiger partial charge on any atom is 0.245 e. The van der Waals surface area contributed by atoms with Crippen molar-refractivity contribution in [2.75, 3.05) is 26.8 Å². The minimum Gasteiger partial charge on any atom is -0.384 e. The summed E-state index contributed by atoms with van der Waals surface area (Å²) in [5.74, 6) is -0.579. The molecule has 5 nitrogen and oxygen atoms in total. The molecule has 1 unspecified atom stereocenters. The summed E-state index contributed by atoms with van der Waals surface area (Å²) in [6, 6.07) is 4.00. The number of benzene rings is 1. The fraction of sp³-hybridized carbons (Fsp3) is 0.538. The normalized spacial score (nSPS) is 20.4. The molecule has 0 spiro atoms. The van der Waals surface area contributed by atoms with E-state index in [4.69, 9.17) is 10.5 Å². The van der Waals surface area contributed by atoms with E-state index in [9.17, 15) is 12.8 Å². The van der Waals surface area contributed by atoms with Gasteiger partial charge in [-0.05, 0) is 30.0 Å². The SMILES string of the molecule is COCC1CCN(S(=O)(=O)c2ccc(CN)cc2F)C1. The Balaban J connectivity index is 2.23. The second-order valence-electron chi connectivity index (χ2n) is 4.94. The van der Waals surface area contributed by atoms with Crippen molar-refractivity contribution in [3.8, 4) is 0 Å². The average Bonchev–Trinajstić information content (AvgIpc) is 2.88. The molecule has 1 aromatic rings. The maximum atomic E-state index is 13.9. The van der Waals surface area contributed by atoms with Crippen molar-refractivity contribution in [3.05, 3.63) is 29.6 Å². The van der Waals surface area contributed by atoms with Crippen LogP contribution in [0.4, 0.5) is 4.39 Å². The quantitative estimate of drug-likeness (QED) is 0.878. The fourth-order valence-electron chi connectivity index (χ4n) is 2.41. The first-order chi connectivity index (χ1) is 9.48. The summed E-state index contributed by atoms with van der Waals surface area (Å²) in [7, 11) is -2.20. The molecule has 1 aromatic carbocycles. The van der Waals surface area contributed by atoms with Crippen LogP contribution < -0.4 is 5.73 Å². The number of nitrogens with two attached hydrogens (primary N) is 1. The van der Waals surface area contributed by atoms with Crippen molar-refractivity contribution in [2.24, 2.45) is 11.7 Å². The van der Waals surface area contributed by atoms with Crippen LogP contribution in [0.2, 0.25) is 0 Å². The highest BCUT2D eigenvalue weighted by atomic mass is 32.2. The van der Waals surface area contributed by atoms with Gasteiger partial charge >= 0.3 is 0 Å². The van der Waals surface area contributed by atoms with Crippen LogP contribution in [0.15, 0.2) is 23.1 Å². The van der Waals surface area contributed by atoms with Gasteiger partial charge < -0.3 is 10.5 Å².